The van der Waals surface area contributed by atoms with Crippen molar-refractivity contribution in [3.63, 3.8) is 0 Å². The molecule has 0 N–H and O–H groups in total. The van der Waals surface area contributed by atoms with Gasteiger partial charge in [-0.2, -0.15) is 0 Å². The van der Waals surface area contributed by atoms with E-state index in [-0.39, 0.29) is 5.43 Å². The average Bonchev–Trinajstić information content (AvgIpc) is 2.55. The maximum Gasteiger partial charge on any atom is 0.201 e. The lowest BCUT2D eigenvalue weighted by atomic mass is 9.96. The van der Waals surface area contributed by atoms with E-state index in [9.17, 15) is 4.79 Å². The maximum atomic E-state index is 12.9. The molecular formula is C20H14O2. The molecule has 0 spiro atoms. The highest BCUT2D eigenvalue weighted by Gasteiger charge is 2.13. The predicted molar refractivity (Wildman–Crippen MR) is 90.2 cm³/mol. The van der Waals surface area contributed by atoms with Crippen LogP contribution < -0.4 is 5.43 Å². The van der Waals surface area contributed by atoms with Crippen LogP contribution in [0.25, 0.3) is 33.1 Å². The van der Waals surface area contributed by atoms with Gasteiger partial charge in [0.25, 0.3) is 0 Å². The van der Waals surface area contributed by atoms with Gasteiger partial charge in [-0.3, -0.25) is 4.79 Å². The number of hydrogen-bond donors (Lipinski definition) is 0. The minimum absolute atomic E-state index is 0.0238. The first-order valence-electron chi connectivity index (χ1n) is 7.26. The van der Waals surface area contributed by atoms with E-state index in [4.69, 9.17) is 4.42 Å². The minimum atomic E-state index is 0.0238. The van der Waals surface area contributed by atoms with Gasteiger partial charge in [-0.25, -0.2) is 0 Å². The molecular weight excluding hydrogens is 272 g/mol. The fraction of sp³-hybridized carbons (Fsp3) is 0.0500. The SMILES string of the molecule is Cc1ccccc1-c1cccc2oc3ccccc3c(=O)c12. The predicted octanol–water partition coefficient (Wildman–Crippen LogP) is 4.92. The number of rotatable bonds is 1. The highest BCUT2D eigenvalue weighted by Crippen LogP contribution is 2.30. The Labute approximate surface area is 127 Å². The Morgan fingerprint density at radius 2 is 1.41 bits per heavy atom. The summed E-state index contributed by atoms with van der Waals surface area (Å²) in [7, 11) is 0. The first kappa shape index (κ1) is 12.8. The Bertz CT molecular complexity index is 1060. The van der Waals surface area contributed by atoms with Crippen molar-refractivity contribution in [1.29, 1.82) is 0 Å². The molecule has 106 valence electrons. The zero-order valence-electron chi connectivity index (χ0n) is 12.2. The topological polar surface area (TPSA) is 30.2 Å². The summed E-state index contributed by atoms with van der Waals surface area (Å²) in [6, 6.07) is 21.2. The Balaban J connectivity index is 2.20. The summed E-state index contributed by atoms with van der Waals surface area (Å²) in [6.07, 6.45) is 0. The Kier molecular flexibility index (Phi) is 2.83. The fourth-order valence-electron chi connectivity index (χ4n) is 2.95. The van der Waals surface area contributed by atoms with E-state index < -0.39 is 0 Å². The highest BCUT2D eigenvalue weighted by atomic mass is 16.3. The molecule has 2 nitrogen and oxygen atoms in total. The van der Waals surface area contributed by atoms with Gasteiger partial charge in [0.1, 0.15) is 11.2 Å². The van der Waals surface area contributed by atoms with Gasteiger partial charge in [0.15, 0.2) is 0 Å². The van der Waals surface area contributed by atoms with E-state index in [1.165, 1.54) is 0 Å². The minimum Gasteiger partial charge on any atom is -0.456 e. The largest absolute Gasteiger partial charge is 0.456 e. The lowest BCUT2D eigenvalue weighted by Gasteiger charge is -2.09. The van der Waals surface area contributed by atoms with E-state index in [0.29, 0.717) is 21.9 Å². The van der Waals surface area contributed by atoms with E-state index in [0.717, 1.165) is 16.7 Å². The Hall–Kier alpha value is -2.87. The third-order valence-electron chi connectivity index (χ3n) is 4.04. The van der Waals surface area contributed by atoms with Crippen LogP contribution in [0.2, 0.25) is 0 Å². The van der Waals surface area contributed by atoms with Crippen molar-refractivity contribution in [1.82, 2.24) is 0 Å². The first-order chi connectivity index (χ1) is 10.8. The van der Waals surface area contributed by atoms with Crippen LogP contribution in [-0.2, 0) is 0 Å². The monoisotopic (exact) mass is 286 g/mol. The molecule has 3 aromatic carbocycles. The number of fused-ring (bicyclic) bond motifs is 2. The third-order valence-corrected chi connectivity index (χ3v) is 4.04. The third kappa shape index (κ3) is 1.85. The van der Waals surface area contributed by atoms with Gasteiger partial charge in [-0.05, 0) is 41.8 Å². The molecule has 0 unspecified atom stereocenters. The summed E-state index contributed by atoms with van der Waals surface area (Å²) in [6.45, 7) is 2.05. The van der Waals surface area contributed by atoms with Crippen LogP contribution in [-0.4, -0.2) is 0 Å². The highest BCUT2D eigenvalue weighted by molar-refractivity contribution is 5.99. The second kappa shape index (κ2) is 4.85. The van der Waals surface area contributed by atoms with Gasteiger partial charge in [-0.1, -0.05) is 48.5 Å². The number of hydrogen-bond acceptors (Lipinski definition) is 2. The first-order valence-corrected chi connectivity index (χ1v) is 7.26. The molecule has 0 radical (unpaired) electrons. The smallest absolute Gasteiger partial charge is 0.201 e. The molecule has 1 heterocycles. The lowest BCUT2D eigenvalue weighted by Crippen LogP contribution is -2.03. The molecule has 0 amide bonds. The van der Waals surface area contributed by atoms with Crippen LogP contribution in [0.1, 0.15) is 5.56 Å². The molecule has 4 aromatic rings. The van der Waals surface area contributed by atoms with Gasteiger partial charge < -0.3 is 4.42 Å². The van der Waals surface area contributed by atoms with Gasteiger partial charge in [0.2, 0.25) is 5.43 Å². The van der Waals surface area contributed by atoms with E-state index in [1.807, 2.05) is 60.7 Å². The van der Waals surface area contributed by atoms with Crippen molar-refractivity contribution in [2.45, 2.75) is 6.92 Å². The molecule has 1 aromatic heterocycles. The molecule has 2 heteroatoms. The van der Waals surface area contributed by atoms with Gasteiger partial charge in [0, 0.05) is 0 Å². The summed E-state index contributed by atoms with van der Waals surface area (Å²) in [5, 5.41) is 1.27. The Morgan fingerprint density at radius 3 is 2.27 bits per heavy atom. The van der Waals surface area contributed by atoms with E-state index in [1.54, 1.807) is 0 Å². The lowest BCUT2D eigenvalue weighted by molar-refractivity contribution is 0.660. The Morgan fingerprint density at radius 1 is 0.727 bits per heavy atom. The van der Waals surface area contributed by atoms with Crippen LogP contribution in [0.5, 0.6) is 0 Å². The number of para-hydroxylation sites is 1. The van der Waals surface area contributed by atoms with Crippen molar-refractivity contribution >= 4 is 21.9 Å². The molecule has 0 aliphatic heterocycles. The van der Waals surface area contributed by atoms with Crippen LogP contribution in [0.3, 0.4) is 0 Å². The zero-order chi connectivity index (χ0) is 15.1. The van der Waals surface area contributed by atoms with Crippen molar-refractivity contribution in [2.24, 2.45) is 0 Å². The van der Waals surface area contributed by atoms with Crippen LogP contribution in [0.4, 0.5) is 0 Å². The maximum absolute atomic E-state index is 12.9. The van der Waals surface area contributed by atoms with Gasteiger partial charge in [0.05, 0.1) is 10.8 Å². The summed E-state index contributed by atoms with van der Waals surface area (Å²) < 4.78 is 5.93. The molecule has 0 aliphatic rings. The number of benzene rings is 3. The van der Waals surface area contributed by atoms with Crippen molar-refractivity contribution in [3.8, 4) is 11.1 Å². The van der Waals surface area contributed by atoms with Crippen molar-refractivity contribution in [3.05, 3.63) is 82.5 Å². The molecule has 0 saturated carbocycles. The molecule has 0 atom stereocenters. The van der Waals surface area contributed by atoms with Gasteiger partial charge in [-0.15, -0.1) is 0 Å². The normalized spacial score (nSPS) is 11.1. The fourth-order valence-corrected chi connectivity index (χ4v) is 2.95. The van der Waals surface area contributed by atoms with Crippen molar-refractivity contribution in [2.75, 3.05) is 0 Å². The second-order valence-electron chi connectivity index (χ2n) is 5.42. The average molecular weight is 286 g/mol. The van der Waals surface area contributed by atoms with Crippen LogP contribution >= 0.6 is 0 Å². The molecule has 0 fully saturated rings. The van der Waals surface area contributed by atoms with Gasteiger partial charge >= 0.3 is 0 Å². The van der Waals surface area contributed by atoms with E-state index in [2.05, 4.69) is 13.0 Å². The summed E-state index contributed by atoms with van der Waals surface area (Å²) in [5.41, 5.74) is 4.41. The molecule has 0 bridgehead atoms. The standard InChI is InChI=1S/C20H14O2/c1-13-7-2-3-8-14(13)15-10-6-12-18-19(15)20(21)16-9-4-5-11-17(16)22-18/h2-12H,1H3. The molecule has 4 rings (SSSR count). The quantitative estimate of drug-likeness (QED) is 0.465. The molecule has 0 aliphatic carbocycles. The summed E-state index contributed by atoms with van der Waals surface area (Å²) >= 11 is 0. The summed E-state index contributed by atoms with van der Waals surface area (Å²) in [5.74, 6) is 0. The van der Waals surface area contributed by atoms with Crippen LogP contribution in [0.15, 0.2) is 75.9 Å². The van der Waals surface area contributed by atoms with Crippen LogP contribution in [0, 0.1) is 6.92 Å². The zero-order valence-corrected chi connectivity index (χ0v) is 12.2. The molecule has 0 saturated heterocycles. The second-order valence-corrected chi connectivity index (χ2v) is 5.42. The number of aryl methyl sites for hydroxylation is 1. The summed E-state index contributed by atoms with van der Waals surface area (Å²) in [4.78, 5) is 12.9. The van der Waals surface area contributed by atoms with E-state index >= 15 is 0 Å². The molecule has 22 heavy (non-hydrogen) atoms. The van der Waals surface area contributed by atoms with Crippen molar-refractivity contribution < 1.29 is 4.42 Å².